The molecule has 0 unspecified atom stereocenters. The van der Waals surface area contributed by atoms with Crippen molar-refractivity contribution in [1.82, 2.24) is 0 Å². The SMILES string of the molecule is C=NC(=N/C(C)=C\Cc1ccccc1)c1ccccc1. The van der Waals surface area contributed by atoms with Crippen LogP contribution in [0.1, 0.15) is 18.1 Å². The Morgan fingerprint density at radius 2 is 1.60 bits per heavy atom. The number of benzene rings is 2. The first-order chi connectivity index (χ1) is 9.79. The summed E-state index contributed by atoms with van der Waals surface area (Å²) in [4.78, 5) is 8.54. The molecule has 0 fully saturated rings. The summed E-state index contributed by atoms with van der Waals surface area (Å²) in [5.41, 5.74) is 3.20. The van der Waals surface area contributed by atoms with Gasteiger partial charge in [-0.05, 0) is 25.6 Å². The Labute approximate surface area is 120 Å². The molecule has 0 radical (unpaired) electrons. The normalized spacial score (nSPS) is 12.2. The lowest BCUT2D eigenvalue weighted by atomic mass is 10.1. The van der Waals surface area contributed by atoms with Gasteiger partial charge in [0.15, 0.2) is 5.84 Å². The van der Waals surface area contributed by atoms with Crippen molar-refractivity contribution >= 4 is 12.6 Å². The van der Waals surface area contributed by atoms with Gasteiger partial charge < -0.3 is 0 Å². The molecule has 2 nitrogen and oxygen atoms in total. The molecule has 0 aromatic heterocycles. The van der Waals surface area contributed by atoms with Gasteiger partial charge in [0.1, 0.15) is 0 Å². The highest BCUT2D eigenvalue weighted by Gasteiger charge is 1.99. The van der Waals surface area contributed by atoms with Gasteiger partial charge in [0.25, 0.3) is 0 Å². The molecule has 0 aliphatic rings. The van der Waals surface area contributed by atoms with Gasteiger partial charge in [0, 0.05) is 11.3 Å². The fourth-order valence-electron chi connectivity index (χ4n) is 1.87. The first-order valence-electron chi connectivity index (χ1n) is 6.61. The Kier molecular flexibility index (Phi) is 5.01. The van der Waals surface area contributed by atoms with Gasteiger partial charge in [-0.1, -0.05) is 66.7 Å². The van der Waals surface area contributed by atoms with Crippen LogP contribution in [0.15, 0.2) is 82.4 Å². The molecule has 2 heteroatoms. The van der Waals surface area contributed by atoms with E-state index in [9.17, 15) is 0 Å². The summed E-state index contributed by atoms with van der Waals surface area (Å²) in [6.45, 7) is 5.58. The molecular formula is C18H18N2. The molecule has 100 valence electrons. The number of aliphatic imine (C=N–C) groups is 2. The molecule has 2 aromatic rings. The highest BCUT2D eigenvalue weighted by Crippen LogP contribution is 2.08. The maximum Gasteiger partial charge on any atom is 0.158 e. The summed E-state index contributed by atoms with van der Waals surface area (Å²) < 4.78 is 0. The topological polar surface area (TPSA) is 24.7 Å². The molecule has 0 amide bonds. The Morgan fingerprint density at radius 1 is 1.00 bits per heavy atom. The first-order valence-corrected chi connectivity index (χ1v) is 6.61. The van der Waals surface area contributed by atoms with Crippen LogP contribution in [-0.2, 0) is 6.42 Å². The summed E-state index contributed by atoms with van der Waals surface area (Å²) >= 11 is 0. The van der Waals surface area contributed by atoms with E-state index in [2.05, 4.69) is 34.9 Å². The second-order valence-corrected chi connectivity index (χ2v) is 4.49. The fraction of sp³-hybridized carbons (Fsp3) is 0.111. The number of hydrogen-bond donors (Lipinski definition) is 0. The molecule has 2 rings (SSSR count). The van der Waals surface area contributed by atoms with Crippen LogP contribution in [0, 0.1) is 0 Å². The second kappa shape index (κ2) is 7.19. The Balaban J connectivity index is 2.13. The van der Waals surface area contributed by atoms with Crippen molar-refractivity contribution in [3.8, 4) is 0 Å². The summed E-state index contributed by atoms with van der Waals surface area (Å²) in [5, 5.41) is 0. The minimum Gasteiger partial charge on any atom is -0.245 e. The van der Waals surface area contributed by atoms with E-state index in [4.69, 9.17) is 0 Å². The lowest BCUT2D eigenvalue weighted by Crippen LogP contribution is -1.96. The van der Waals surface area contributed by atoms with Crippen LogP contribution in [0.2, 0.25) is 0 Å². The zero-order valence-corrected chi connectivity index (χ0v) is 11.7. The third-order valence-electron chi connectivity index (χ3n) is 2.94. The Bertz CT molecular complexity index is 610. The average Bonchev–Trinajstić information content (AvgIpc) is 2.52. The van der Waals surface area contributed by atoms with Crippen LogP contribution in [0.25, 0.3) is 0 Å². The monoisotopic (exact) mass is 262 g/mol. The number of hydrogen-bond acceptors (Lipinski definition) is 1. The van der Waals surface area contributed by atoms with Crippen molar-refractivity contribution in [3.63, 3.8) is 0 Å². The number of amidine groups is 1. The minimum absolute atomic E-state index is 0.660. The van der Waals surface area contributed by atoms with E-state index in [0.29, 0.717) is 5.84 Å². The highest BCUT2D eigenvalue weighted by atomic mass is 14.9. The lowest BCUT2D eigenvalue weighted by molar-refractivity contribution is 1.18. The van der Waals surface area contributed by atoms with E-state index in [1.807, 2.05) is 55.5 Å². The lowest BCUT2D eigenvalue weighted by Gasteiger charge is -2.01. The zero-order valence-electron chi connectivity index (χ0n) is 11.7. The van der Waals surface area contributed by atoms with Crippen LogP contribution in [0.5, 0.6) is 0 Å². The molecule has 0 aliphatic heterocycles. The van der Waals surface area contributed by atoms with Crippen LogP contribution in [0.3, 0.4) is 0 Å². The standard InChI is InChI=1S/C18H18N2/c1-15(13-14-16-9-5-3-6-10-16)20-18(19-2)17-11-7-4-8-12-17/h3-13H,2,14H2,1H3/b15-13-,20-18?. The van der Waals surface area contributed by atoms with Crippen molar-refractivity contribution in [2.75, 3.05) is 0 Å². The van der Waals surface area contributed by atoms with Crippen molar-refractivity contribution in [1.29, 1.82) is 0 Å². The Morgan fingerprint density at radius 3 is 2.20 bits per heavy atom. The predicted octanol–water partition coefficient (Wildman–Crippen LogP) is 4.28. The maximum atomic E-state index is 4.53. The molecule has 0 saturated heterocycles. The van der Waals surface area contributed by atoms with Gasteiger partial charge in [-0.2, -0.15) is 0 Å². The van der Waals surface area contributed by atoms with Crippen molar-refractivity contribution in [2.24, 2.45) is 9.98 Å². The third kappa shape index (κ3) is 4.02. The minimum atomic E-state index is 0.660. The average molecular weight is 262 g/mol. The van der Waals surface area contributed by atoms with Gasteiger partial charge in [-0.3, -0.25) is 0 Å². The van der Waals surface area contributed by atoms with Crippen molar-refractivity contribution < 1.29 is 0 Å². The van der Waals surface area contributed by atoms with E-state index in [1.54, 1.807) is 0 Å². The van der Waals surface area contributed by atoms with E-state index < -0.39 is 0 Å². The largest absolute Gasteiger partial charge is 0.245 e. The van der Waals surface area contributed by atoms with Gasteiger partial charge in [-0.25, -0.2) is 9.98 Å². The van der Waals surface area contributed by atoms with Gasteiger partial charge in [-0.15, -0.1) is 0 Å². The van der Waals surface area contributed by atoms with E-state index >= 15 is 0 Å². The van der Waals surface area contributed by atoms with Crippen LogP contribution in [0.4, 0.5) is 0 Å². The molecule has 0 spiro atoms. The van der Waals surface area contributed by atoms with E-state index in [0.717, 1.165) is 17.7 Å². The molecule has 0 atom stereocenters. The fourth-order valence-corrected chi connectivity index (χ4v) is 1.87. The third-order valence-corrected chi connectivity index (χ3v) is 2.94. The maximum absolute atomic E-state index is 4.53. The van der Waals surface area contributed by atoms with E-state index in [1.165, 1.54) is 5.56 Å². The number of allylic oxidation sites excluding steroid dienone is 2. The summed E-state index contributed by atoms with van der Waals surface area (Å²) in [7, 11) is 0. The van der Waals surface area contributed by atoms with E-state index in [-0.39, 0.29) is 0 Å². The summed E-state index contributed by atoms with van der Waals surface area (Å²) in [5.74, 6) is 0.660. The molecule has 0 aliphatic carbocycles. The summed E-state index contributed by atoms with van der Waals surface area (Å²) in [6, 6.07) is 20.2. The quantitative estimate of drug-likeness (QED) is 0.580. The van der Waals surface area contributed by atoms with Gasteiger partial charge in [0.2, 0.25) is 0 Å². The molecule has 20 heavy (non-hydrogen) atoms. The predicted molar refractivity (Wildman–Crippen MR) is 86.4 cm³/mol. The molecule has 0 saturated carbocycles. The molecule has 2 aromatic carbocycles. The number of rotatable bonds is 4. The van der Waals surface area contributed by atoms with Crippen LogP contribution < -0.4 is 0 Å². The van der Waals surface area contributed by atoms with Crippen molar-refractivity contribution in [2.45, 2.75) is 13.3 Å². The zero-order chi connectivity index (χ0) is 14.2. The van der Waals surface area contributed by atoms with Crippen LogP contribution in [-0.4, -0.2) is 12.6 Å². The molecule has 0 bridgehead atoms. The van der Waals surface area contributed by atoms with Crippen molar-refractivity contribution in [3.05, 3.63) is 83.6 Å². The first kappa shape index (κ1) is 13.9. The Hall–Kier alpha value is -2.48. The molecule has 0 heterocycles. The summed E-state index contributed by atoms with van der Waals surface area (Å²) in [6.07, 6.45) is 2.97. The van der Waals surface area contributed by atoms with Gasteiger partial charge in [0.05, 0.1) is 0 Å². The molecule has 0 N–H and O–H groups in total. The highest BCUT2D eigenvalue weighted by molar-refractivity contribution is 6.01. The molecular weight excluding hydrogens is 244 g/mol. The number of nitrogens with zero attached hydrogens (tertiary/aromatic N) is 2. The van der Waals surface area contributed by atoms with Crippen LogP contribution >= 0.6 is 0 Å². The smallest absolute Gasteiger partial charge is 0.158 e. The second-order valence-electron chi connectivity index (χ2n) is 4.49. The van der Waals surface area contributed by atoms with Gasteiger partial charge >= 0.3 is 0 Å².